The second kappa shape index (κ2) is 8.95. The lowest BCUT2D eigenvalue weighted by molar-refractivity contribution is -0.274. The van der Waals surface area contributed by atoms with Crippen LogP contribution in [0.4, 0.5) is 18.9 Å². The number of carbonyl (C=O) groups is 1. The first-order chi connectivity index (χ1) is 13.8. The number of hydrogen-bond donors (Lipinski definition) is 1. The minimum absolute atomic E-state index is 0.0827. The fourth-order valence-corrected chi connectivity index (χ4v) is 2.97. The van der Waals surface area contributed by atoms with E-state index in [4.69, 9.17) is 0 Å². The molecule has 0 fully saturated rings. The molecule has 1 aromatic heterocycles. The van der Waals surface area contributed by atoms with Gasteiger partial charge in [0.25, 0.3) is 0 Å². The van der Waals surface area contributed by atoms with Gasteiger partial charge in [0.15, 0.2) is 0 Å². The van der Waals surface area contributed by atoms with Crippen LogP contribution in [-0.2, 0) is 4.79 Å². The van der Waals surface area contributed by atoms with E-state index in [1.807, 2.05) is 37.3 Å². The third-order valence-corrected chi connectivity index (χ3v) is 4.63. The van der Waals surface area contributed by atoms with E-state index >= 15 is 0 Å². The zero-order chi connectivity index (χ0) is 20.9. The van der Waals surface area contributed by atoms with Gasteiger partial charge in [0, 0.05) is 11.3 Å². The summed E-state index contributed by atoms with van der Waals surface area (Å²) in [4.78, 5) is 12.0. The number of amides is 1. The van der Waals surface area contributed by atoms with E-state index in [-0.39, 0.29) is 17.4 Å². The maximum absolute atomic E-state index is 12.1. The molecule has 29 heavy (non-hydrogen) atoms. The van der Waals surface area contributed by atoms with Gasteiger partial charge in [0.1, 0.15) is 10.8 Å². The molecule has 5 nitrogen and oxygen atoms in total. The molecule has 150 valence electrons. The van der Waals surface area contributed by atoms with Gasteiger partial charge in [-0.15, -0.1) is 23.4 Å². The first-order valence-electron chi connectivity index (χ1n) is 8.48. The second-order valence-corrected chi connectivity index (χ2v) is 7.03. The Morgan fingerprint density at radius 2 is 1.69 bits per heavy atom. The van der Waals surface area contributed by atoms with Gasteiger partial charge in [-0.2, -0.15) is 0 Å². The monoisotopic (exact) mass is 419 g/mol. The number of rotatable bonds is 6. The van der Waals surface area contributed by atoms with E-state index in [0.717, 1.165) is 29.0 Å². The van der Waals surface area contributed by atoms with Crippen LogP contribution in [0.15, 0.2) is 65.7 Å². The standard InChI is InChI=1S/C20H16F3N3O2S/c1-13-2-4-14(5-3-13)17-10-11-19(26-25-17)29-12-18(27)24-15-6-8-16(9-7-15)28-20(21,22)23/h2-11H,12H2,1H3,(H,24,27). The molecule has 1 heterocycles. The number of nitrogens with one attached hydrogen (secondary N) is 1. The number of halogens is 3. The number of nitrogens with zero attached hydrogens (tertiary/aromatic N) is 2. The van der Waals surface area contributed by atoms with Gasteiger partial charge in [0.2, 0.25) is 5.91 Å². The van der Waals surface area contributed by atoms with E-state index < -0.39 is 6.36 Å². The van der Waals surface area contributed by atoms with Gasteiger partial charge < -0.3 is 10.1 Å². The first kappa shape index (κ1) is 20.7. The van der Waals surface area contributed by atoms with Crippen molar-refractivity contribution in [1.29, 1.82) is 0 Å². The molecule has 0 unspecified atom stereocenters. The van der Waals surface area contributed by atoms with E-state index in [1.54, 1.807) is 6.07 Å². The quantitative estimate of drug-likeness (QED) is 0.565. The third kappa shape index (κ3) is 6.49. The average molecular weight is 419 g/mol. The van der Waals surface area contributed by atoms with E-state index in [9.17, 15) is 18.0 Å². The number of benzene rings is 2. The van der Waals surface area contributed by atoms with Crippen LogP contribution >= 0.6 is 11.8 Å². The summed E-state index contributed by atoms with van der Waals surface area (Å²) in [5.74, 6) is -0.586. The van der Waals surface area contributed by atoms with Gasteiger partial charge in [-0.3, -0.25) is 4.79 Å². The maximum atomic E-state index is 12.1. The molecular weight excluding hydrogens is 403 g/mol. The van der Waals surface area contributed by atoms with Crippen LogP contribution in [0.2, 0.25) is 0 Å². The highest BCUT2D eigenvalue weighted by Gasteiger charge is 2.30. The summed E-state index contributed by atoms with van der Waals surface area (Å²) < 4.78 is 40.2. The normalized spacial score (nSPS) is 11.2. The second-order valence-electron chi connectivity index (χ2n) is 6.03. The van der Waals surface area contributed by atoms with Crippen LogP contribution in [0, 0.1) is 6.92 Å². The number of alkyl halides is 3. The van der Waals surface area contributed by atoms with Gasteiger partial charge in [-0.25, -0.2) is 0 Å². The van der Waals surface area contributed by atoms with Gasteiger partial charge in [-0.05, 0) is 43.3 Å². The number of aromatic nitrogens is 2. The molecule has 3 aromatic rings. The molecule has 0 spiro atoms. The summed E-state index contributed by atoms with van der Waals surface area (Å²) in [5, 5.41) is 11.5. The molecule has 0 radical (unpaired) electrons. The van der Waals surface area contributed by atoms with Crippen molar-refractivity contribution in [2.24, 2.45) is 0 Å². The zero-order valence-corrected chi connectivity index (χ0v) is 16.1. The van der Waals surface area contributed by atoms with Crippen molar-refractivity contribution in [2.45, 2.75) is 18.3 Å². The molecule has 9 heteroatoms. The van der Waals surface area contributed by atoms with Gasteiger partial charge >= 0.3 is 6.36 Å². The van der Waals surface area contributed by atoms with Crippen molar-refractivity contribution in [3.05, 3.63) is 66.2 Å². The summed E-state index contributed by atoms with van der Waals surface area (Å²) in [5.41, 5.74) is 3.21. The third-order valence-electron chi connectivity index (χ3n) is 3.71. The molecule has 0 saturated carbocycles. The van der Waals surface area contributed by atoms with E-state index in [0.29, 0.717) is 10.7 Å². The number of aryl methyl sites for hydroxylation is 1. The lowest BCUT2D eigenvalue weighted by atomic mass is 10.1. The SMILES string of the molecule is Cc1ccc(-c2ccc(SCC(=O)Nc3ccc(OC(F)(F)F)cc3)nn2)cc1. The number of thioether (sulfide) groups is 1. The number of anilines is 1. The predicted octanol–water partition coefficient (Wildman–Crippen LogP) is 5.08. The fraction of sp³-hybridized carbons (Fsp3) is 0.150. The minimum Gasteiger partial charge on any atom is -0.406 e. The van der Waals surface area contributed by atoms with Crippen LogP contribution in [0.3, 0.4) is 0 Å². The van der Waals surface area contributed by atoms with Crippen molar-refractivity contribution in [3.63, 3.8) is 0 Å². The minimum atomic E-state index is -4.75. The Kier molecular flexibility index (Phi) is 6.38. The lowest BCUT2D eigenvalue weighted by Gasteiger charge is -2.10. The Morgan fingerprint density at radius 1 is 1.00 bits per heavy atom. The molecular formula is C20H16F3N3O2S. The topological polar surface area (TPSA) is 64.1 Å². The Morgan fingerprint density at radius 3 is 2.28 bits per heavy atom. The van der Waals surface area contributed by atoms with Crippen molar-refractivity contribution < 1.29 is 22.7 Å². The van der Waals surface area contributed by atoms with Crippen LogP contribution < -0.4 is 10.1 Å². The Labute approximate surface area is 169 Å². The highest BCUT2D eigenvalue weighted by Crippen LogP contribution is 2.24. The molecule has 0 aliphatic carbocycles. The molecule has 3 rings (SSSR count). The summed E-state index contributed by atoms with van der Waals surface area (Å²) in [6, 6.07) is 16.4. The average Bonchev–Trinajstić information content (AvgIpc) is 2.68. The first-order valence-corrected chi connectivity index (χ1v) is 9.46. The largest absolute Gasteiger partial charge is 0.573 e. The Bertz CT molecular complexity index is 960. The van der Waals surface area contributed by atoms with E-state index in [2.05, 4.69) is 20.3 Å². The molecule has 0 aliphatic heterocycles. The maximum Gasteiger partial charge on any atom is 0.573 e. The van der Waals surface area contributed by atoms with Gasteiger partial charge in [0.05, 0.1) is 11.4 Å². The summed E-state index contributed by atoms with van der Waals surface area (Å²) in [6.07, 6.45) is -4.75. The van der Waals surface area contributed by atoms with Crippen molar-refractivity contribution in [2.75, 3.05) is 11.1 Å². The van der Waals surface area contributed by atoms with Crippen molar-refractivity contribution in [1.82, 2.24) is 10.2 Å². The van der Waals surface area contributed by atoms with Crippen LogP contribution in [-0.4, -0.2) is 28.2 Å². The lowest BCUT2D eigenvalue weighted by Crippen LogP contribution is -2.17. The Hall–Kier alpha value is -3.07. The summed E-state index contributed by atoms with van der Waals surface area (Å²) in [6.45, 7) is 2.00. The smallest absolute Gasteiger partial charge is 0.406 e. The van der Waals surface area contributed by atoms with Crippen molar-refractivity contribution in [3.8, 4) is 17.0 Å². The molecule has 1 amide bonds. The van der Waals surface area contributed by atoms with E-state index in [1.165, 1.54) is 23.9 Å². The number of ether oxygens (including phenoxy) is 1. The highest BCUT2D eigenvalue weighted by atomic mass is 32.2. The summed E-state index contributed by atoms with van der Waals surface area (Å²) >= 11 is 1.21. The number of carbonyl (C=O) groups excluding carboxylic acids is 1. The molecule has 2 aromatic carbocycles. The van der Waals surface area contributed by atoms with Gasteiger partial charge in [-0.1, -0.05) is 41.6 Å². The molecule has 0 saturated heterocycles. The fourth-order valence-electron chi connectivity index (χ4n) is 2.35. The van der Waals surface area contributed by atoms with Crippen molar-refractivity contribution >= 4 is 23.4 Å². The van der Waals surface area contributed by atoms with Crippen LogP contribution in [0.5, 0.6) is 5.75 Å². The predicted molar refractivity (Wildman–Crippen MR) is 105 cm³/mol. The molecule has 0 atom stereocenters. The van der Waals surface area contributed by atoms with Crippen LogP contribution in [0.1, 0.15) is 5.56 Å². The molecule has 0 aliphatic rings. The number of hydrogen-bond acceptors (Lipinski definition) is 5. The molecule has 0 bridgehead atoms. The highest BCUT2D eigenvalue weighted by molar-refractivity contribution is 7.99. The Balaban J connectivity index is 1.51. The summed E-state index contributed by atoms with van der Waals surface area (Å²) in [7, 11) is 0. The zero-order valence-electron chi connectivity index (χ0n) is 15.2. The van der Waals surface area contributed by atoms with Crippen LogP contribution in [0.25, 0.3) is 11.3 Å². The molecule has 1 N–H and O–H groups in total.